The first-order valence-corrected chi connectivity index (χ1v) is 8.67. The van der Waals surface area contributed by atoms with Crippen LogP contribution in [0.3, 0.4) is 0 Å². The number of rotatable bonds is 8. The molecule has 2 aromatic carbocycles. The van der Waals surface area contributed by atoms with Gasteiger partial charge in [0.1, 0.15) is 5.75 Å². The van der Waals surface area contributed by atoms with Gasteiger partial charge in [0.2, 0.25) is 0 Å². The van der Waals surface area contributed by atoms with Gasteiger partial charge in [0.15, 0.2) is 5.96 Å². The number of benzene rings is 2. The summed E-state index contributed by atoms with van der Waals surface area (Å²) in [7, 11) is 5.73. The van der Waals surface area contributed by atoms with Gasteiger partial charge in [-0.15, -0.1) is 0 Å². The zero-order valence-electron chi connectivity index (χ0n) is 15.9. The van der Waals surface area contributed by atoms with Gasteiger partial charge in [0.05, 0.1) is 0 Å². The second-order valence-corrected chi connectivity index (χ2v) is 6.32. The number of nitrogens with zero attached hydrogens (tertiary/aromatic N) is 2. The van der Waals surface area contributed by atoms with Crippen LogP contribution in [-0.2, 0) is 19.6 Å². The summed E-state index contributed by atoms with van der Waals surface area (Å²) in [6.07, 6.45) is 0. The number of aliphatic imine (C=N–C) groups is 1. The van der Waals surface area contributed by atoms with Crippen LogP contribution < -0.4 is 15.4 Å². The number of guanidine groups is 1. The van der Waals surface area contributed by atoms with Gasteiger partial charge in [-0.1, -0.05) is 42.5 Å². The third-order valence-electron chi connectivity index (χ3n) is 3.81. The lowest BCUT2D eigenvalue weighted by Crippen LogP contribution is -2.36. The van der Waals surface area contributed by atoms with Crippen LogP contribution in [0.5, 0.6) is 5.75 Å². The van der Waals surface area contributed by atoms with E-state index in [4.69, 9.17) is 0 Å². The molecule has 0 aliphatic carbocycles. The summed E-state index contributed by atoms with van der Waals surface area (Å²) in [6, 6.07) is 15.0. The van der Waals surface area contributed by atoms with E-state index in [2.05, 4.69) is 37.4 Å². The number of para-hydroxylation sites is 1. The maximum absolute atomic E-state index is 12.5. The summed E-state index contributed by atoms with van der Waals surface area (Å²) >= 11 is 0. The van der Waals surface area contributed by atoms with Gasteiger partial charge in [-0.25, -0.2) is 0 Å². The number of hydrogen-bond acceptors (Lipinski definition) is 3. The molecular weight excluding hydrogens is 350 g/mol. The SMILES string of the molecule is CN=C(NCc1cccc(CN(C)C)c1)NCc1ccccc1OC(F)F. The van der Waals surface area contributed by atoms with Gasteiger partial charge >= 0.3 is 6.61 Å². The van der Waals surface area contributed by atoms with Crippen LogP contribution in [0.4, 0.5) is 8.78 Å². The van der Waals surface area contributed by atoms with Crippen LogP contribution in [0.15, 0.2) is 53.5 Å². The van der Waals surface area contributed by atoms with Crippen molar-refractivity contribution in [3.63, 3.8) is 0 Å². The Morgan fingerprint density at radius 1 is 1.04 bits per heavy atom. The molecule has 27 heavy (non-hydrogen) atoms. The zero-order valence-corrected chi connectivity index (χ0v) is 15.9. The Bertz CT molecular complexity index is 750. The van der Waals surface area contributed by atoms with Crippen LogP contribution in [-0.4, -0.2) is 38.6 Å². The maximum atomic E-state index is 12.5. The Morgan fingerprint density at radius 2 is 1.74 bits per heavy atom. The van der Waals surface area contributed by atoms with Crippen molar-refractivity contribution >= 4 is 5.96 Å². The lowest BCUT2D eigenvalue weighted by atomic mass is 10.1. The molecule has 5 nitrogen and oxygen atoms in total. The highest BCUT2D eigenvalue weighted by molar-refractivity contribution is 5.79. The topological polar surface area (TPSA) is 48.9 Å². The van der Waals surface area contributed by atoms with Crippen molar-refractivity contribution in [2.75, 3.05) is 21.1 Å². The third-order valence-corrected chi connectivity index (χ3v) is 3.81. The molecule has 146 valence electrons. The normalized spacial score (nSPS) is 11.7. The molecule has 0 aromatic heterocycles. The van der Waals surface area contributed by atoms with Crippen LogP contribution in [0.1, 0.15) is 16.7 Å². The van der Waals surface area contributed by atoms with E-state index in [0.29, 0.717) is 24.6 Å². The number of alkyl halides is 2. The Balaban J connectivity index is 1.92. The molecule has 0 aliphatic rings. The van der Waals surface area contributed by atoms with Crippen molar-refractivity contribution in [1.29, 1.82) is 0 Å². The lowest BCUT2D eigenvalue weighted by Gasteiger charge is -2.15. The molecule has 0 bridgehead atoms. The first-order valence-electron chi connectivity index (χ1n) is 8.67. The van der Waals surface area contributed by atoms with E-state index >= 15 is 0 Å². The molecule has 2 aromatic rings. The van der Waals surface area contributed by atoms with Gasteiger partial charge in [0, 0.05) is 32.2 Å². The fourth-order valence-electron chi connectivity index (χ4n) is 2.65. The summed E-state index contributed by atoms with van der Waals surface area (Å²) in [6.45, 7) is -1.04. The summed E-state index contributed by atoms with van der Waals surface area (Å²) in [4.78, 5) is 6.29. The van der Waals surface area contributed by atoms with E-state index in [0.717, 1.165) is 12.1 Å². The summed E-state index contributed by atoms with van der Waals surface area (Å²) in [5, 5.41) is 6.36. The highest BCUT2D eigenvalue weighted by atomic mass is 19.3. The zero-order chi connectivity index (χ0) is 19.6. The predicted molar refractivity (Wildman–Crippen MR) is 104 cm³/mol. The Kier molecular flexibility index (Phi) is 8.00. The minimum Gasteiger partial charge on any atom is -0.434 e. The molecule has 2 rings (SSSR count). The molecule has 0 heterocycles. The largest absolute Gasteiger partial charge is 0.434 e. The van der Waals surface area contributed by atoms with Crippen molar-refractivity contribution in [2.24, 2.45) is 4.99 Å². The molecule has 0 spiro atoms. The lowest BCUT2D eigenvalue weighted by molar-refractivity contribution is -0.0504. The van der Waals surface area contributed by atoms with Gasteiger partial charge < -0.3 is 20.3 Å². The molecule has 2 N–H and O–H groups in total. The average molecular weight is 376 g/mol. The fraction of sp³-hybridized carbons (Fsp3) is 0.350. The Morgan fingerprint density at radius 3 is 2.44 bits per heavy atom. The molecule has 7 heteroatoms. The van der Waals surface area contributed by atoms with Crippen molar-refractivity contribution in [3.05, 3.63) is 65.2 Å². The van der Waals surface area contributed by atoms with E-state index in [9.17, 15) is 8.78 Å². The highest BCUT2D eigenvalue weighted by Gasteiger charge is 2.09. The second-order valence-electron chi connectivity index (χ2n) is 6.32. The summed E-state index contributed by atoms with van der Waals surface area (Å²) in [5.74, 6) is 0.742. The molecule has 0 saturated heterocycles. The smallest absolute Gasteiger partial charge is 0.387 e. The van der Waals surface area contributed by atoms with Gasteiger partial charge in [-0.2, -0.15) is 8.78 Å². The number of hydrogen-bond donors (Lipinski definition) is 2. The fourth-order valence-corrected chi connectivity index (χ4v) is 2.65. The molecule has 0 amide bonds. The molecule has 0 radical (unpaired) electrons. The van der Waals surface area contributed by atoms with Gasteiger partial charge in [0.25, 0.3) is 0 Å². The first-order chi connectivity index (χ1) is 13.0. The van der Waals surface area contributed by atoms with E-state index in [1.807, 2.05) is 26.2 Å². The van der Waals surface area contributed by atoms with E-state index in [1.165, 1.54) is 11.6 Å². The van der Waals surface area contributed by atoms with Crippen molar-refractivity contribution in [3.8, 4) is 5.75 Å². The number of halogens is 2. The second kappa shape index (κ2) is 10.5. The van der Waals surface area contributed by atoms with E-state index in [-0.39, 0.29) is 5.75 Å². The van der Waals surface area contributed by atoms with Crippen LogP contribution >= 0.6 is 0 Å². The van der Waals surface area contributed by atoms with Gasteiger partial charge in [-0.3, -0.25) is 4.99 Å². The molecule has 0 saturated carbocycles. The Hall–Kier alpha value is -2.67. The minimum absolute atomic E-state index is 0.159. The first kappa shape index (κ1) is 20.6. The predicted octanol–water partition coefficient (Wildman–Crippen LogP) is 3.21. The molecule has 0 fully saturated rings. The summed E-state index contributed by atoms with van der Waals surface area (Å²) in [5.41, 5.74) is 3.01. The summed E-state index contributed by atoms with van der Waals surface area (Å²) < 4.78 is 29.6. The molecule has 0 unspecified atom stereocenters. The standard InChI is InChI=1S/C20H26F2N4O/c1-23-20(24-12-15-7-6-8-16(11-15)14-26(2)3)25-13-17-9-4-5-10-18(17)27-19(21)22/h4-11,19H,12-14H2,1-3H3,(H2,23,24,25). The highest BCUT2D eigenvalue weighted by Crippen LogP contribution is 2.19. The Labute approximate surface area is 159 Å². The number of ether oxygens (including phenoxy) is 1. The van der Waals surface area contributed by atoms with Crippen molar-refractivity contribution in [2.45, 2.75) is 26.2 Å². The number of nitrogens with one attached hydrogen (secondary N) is 2. The van der Waals surface area contributed by atoms with Crippen molar-refractivity contribution < 1.29 is 13.5 Å². The average Bonchev–Trinajstić information content (AvgIpc) is 2.62. The van der Waals surface area contributed by atoms with E-state index < -0.39 is 6.61 Å². The quantitative estimate of drug-likeness (QED) is 0.549. The minimum atomic E-state index is -2.85. The monoisotopic (exact) mass is 376 g/mol. The van der Waals surface area contributed by atoms with Crippen LogP contribution in [0.25, 0.3) is 0 Å². The maximum Gasteiger partial charge on any atom is 0.387 e. The van der Waals surface area contributed by atoms with Crippen molar-refractivity contribution in [1.82, 2.24) is 15.5 Å². The van der Waals surface area contributed by atoms with E-state index in [1.54, 1.807) is 25.2 Å². The molecule has 0 aliphatic heterocycles. The molecule has 0 atom stereocenters. The van der Waals surface area contributed by atoms with Gasteiger partial charge in [-0.05, 0) is 31.3 Å². The molecular formula is C20H26F2N4O. The van der Waals surface area contributed by atoms with Crippen LogP contribution in [0, 0.1) is 0 Å². The third kappa shape index (κ3) is 7.22. The van der Waals surface area contributed by atoms with Crippen LogP contribution in [0.2, 0.25) is 0 Å².